The minimum atomic E-state index is 0.312. The van der Waals surface area contributed by atoms with E-state index >= 15 is 0 Å². The molecule has 0 amide bonds. The number of hydrogen-bond donors (Lipinski definition) is 1. The molecule has 0 saturated carbocycles. The van der Waals surface area contributed by atoms with Crippen LogP contribution in [0.25, 0.3) is 11.1 Å². The lowest BCUT2D eigenvalue weighted by Gasteiger charge is -2.15. The minimum absolute atomic E-state index is 0.312. The SMILES string of the molecule is CNC(C)c1ccc(Cl)c(-c2ccc(N(C)C)cc2)c1. The highest BCUT2D eigenvalue weighted by molar-refractivity contribution is 6.33. The van der Waals surface area contributed by atoms with Crippen molar-refractivity contribution < 1.29 is 0 Å². The van der Waals surface area contributed by atoms with Crippen molar-refractivity contribution in [3.8, 4) is 11.1 Å². The molecule has 0 radical (unpaired) electrons. The maximum absolute atomic E-state index is 6.35. The van der Waals surface area contributed by atoms with Gasteiger partial charge in [-0.05, 0) is 49.4 Å². The fraction of sp³-hybridized carbons (Fsp3) is 0.294. The van der Waals surface area contributed by atoms with Crippen molar-refractivity contribution in [2.24, 2.45) is 0 Å². The Labute approximate surface area is 126 Å². The molecule has 0 saturated heterocycles. The number of hydrogen-bond acceptors (Lipinski definition) is 2. The zero-order chi connectivity index (χ0) is 14.7. The van der Waals surface area contributed by atoms with Crippen LogP contribution in [-0.2, 0) is 0 Å². The summed E-state index contributed by atoms with van der Waals surface area (Å²) >= 11 is 6.35. The third-order valence-electron chi connectivity index (χ3n) is 3.62. The summed E-state index contributed by atoms with van der Waals surface area (Å²) in [7, 11) is 6.04. The molecule has 2 nitrogen and oxygen atoms in total. The molecule has 2 aromatic carbocycles. The molecule has 1 unspecified atom stereocenters. The van der Waals surface area contributed by atoms with Gasteiger partial charge in [0, 0.05) is 36.4 Å². The Morgan fingerprint density at radius 1 is 1.05 bits per heavy atom. The second-order valence-corrected chi connectivity index (χ2v) is 5.60. The normalized spacial score (nSPS) is 12.2. The summed E-state index contributed by atoms with van der Waals surface area (Å²) in [5.41, 5.74) is 4.65. The Hall–Kier alpha value is -1.51. The summed E-state index contributed by atoms with van der Waals surface area (Å²) in [5.74, 6) is 0. The summed E-state index contributed by atoms with van der Waals surface area (Å²) in [6.45, 7) is 2.14. The molecule has 20 heavy (non-hydrogen) atoms. The predicted molar refractivity (Wildman–Crippen MR) is 88.7 cm³/mol. The molecule has 0 heterocycles. The quantitative estimate of drug-likeness (QED) is 0.899. The first-order valence-corrected chi connectivity index (χ1v) is 7.15. The van der Waals surface area contributed by atoms with Gasteiger partial charge in [-0.15, -0.1) is 0 Å². The molecule has 1 N–H and O–H groups in total. The van der Waals surface area contributed by atoms with E-state index in [1.165, 1.54) is 11.3 Å². The van der Waals surface area contributed by atoms with E-state index < -0.39 is 0 Å². The second-order valence-electron chi connectivity index (χ2n) is 5.19. The monoisotopic (exact) mass is 288 g/mol. The van der Waals surface area contributed by atoms with Gasteiger partial charge in [-0.1, -0.05) is 29.8 Å². The Morgan fingerprint density at radius 2 is 1.70 bits per heavy atom. The Balaban J connectivity index is 2.40. The Morgan fingerprint density at radius 3 is 2.25 bits per heavy atom. The molecule has 0 aromatic heterocycles. The van der Waals surface area contributed by atoms with Crippen LogP contribution in [0, 0.1) is 0 Å². The number of nitrogens with zero attached hydrogens (tertiary/aromatic N) is 1. The molecular formula is C17H21ClN2. The fourth-order valence-electron chi connectivity index (χ4n) is 2.14. The number of rotatable bonds is 4. The highest BCUT2D eigenvalue weighted by Gasteiger charge is 2.08. The van der Waals surface area contributed by atoms with E-state index in [9.17, 15) is 0 Å². The van der Waals surface area contributed by atoms with Gasteiger partial charge in [0.15, 0.2) is 0 Å². The van der Waals surface area contributed by atoms with Crippen molar-refractivity contribution in [2.45, 2.75) is 13.0 Å². The van der Waals surface area contributed by atoms with Gasteiger partial charge in [0.05, 0.1) is 0 Å². The summed E-state index contributed by atoms with van der Waals surface area (Å²) in [5, 5.41) is 4.04. The number of nitrogens with one attached hydrogen (secondary N) is 1. The number of benzene rings is 2. The van der Waals surface area contributed by atoms with E-state index in [0.717, 1.165) is 16.1 Å². The van der Waals surface area contributed by atoms with Crippen LogP contribution in [0.5, 0.6) is 0 Å². The molecule has 2 rings (SSSR count). The van der Waals surface area contributed by atoms with Gasteiger partial charge < -0.3 is 10.2 Å². The van der Waals surface area contributed by atoms with Gasteiger partial charge >= 0.3 is 0 Å². The van der Waals surface area contributed by atoms with Crippen molar-refractivity contribution in [1.29, 1.82) is 0 Å². The highest BCUT2D eigenvalue weighted by atomic mass is 35.5. The molecular weight excluding hydrogens is 268 g/mol. The lowest BCUT2D eigenvalue weighted by Crippen LogP contribution is -2.12. The van der Waals surface area contributed by atoms with E-state index in [1.54, 1.807) is 0 Å². The van der Waals surface area contributed by atoms with Crippen molar-refractivity contribution in [3.05, 3.63) is 53.1 Å². The van der Waals surface area contributed by atoms with Crippen LogP contribution >= 0.6 is 11.6 Å². The molecule has 2 aromatic rings. The van der Waals surface area contributed by atoms with Crippen LogP contribution < -0.4 is 10.2 Å². The van der Waals surface area contributed by atoms with Gasteiger partial charge in [0.2, 0.25) is 0 Å². The van der Waals surface area contributed by atoms with Gasteiger partial charge in [0.25, 0.3) is 0 Å². The second kappa shape index (κ2) is 6.29. The summed E-state index contributed by atoms with van der Waals surface area (Å²) in [6.07, 6.45) is 0. The van der Waals surface area contributed by atoms with Crippen LogP contribution in [0.2, 0.25) is 5.02 Å². The van der Waals surface area contributed by atoms with Gasteiger partial charge in [-0.25, -0.2) is 0 Å². The topological polar surface area (TPSA) is 15.3 Å². The summed E-state index contributed by atoms with van der Waals surface area (Å²) < 4.78 is 0. The van der Waals surface area contributed by atoms with Crippen LogP contribution in [0.3, 0.4) is 0 Å². The van der Waals surface area contributed by atoms with Gasteiger partial charge in [0.1, 0.15) is 0 Å². The van der Waals surface area contributed by atoms with Crippen LogP contribution in [0.1, 0.15) is 18.5 Å². The first-order chi connectivity index (χ1) is 9.52. The van der Waals surface area contributed by atoms with E-state index in [-0.39, 0.29) is 0 Å². The standard InChI is InChI=1S/C17H21ClN2/c1-12(19-2)14-7-10-17(18)16(11-14)13-5-8-15(9-6-13)20(3)4/h5-12,19H,1-4H3. The fourth-order valence-corrected chi connectivity index (χ4v) is 2.37. The first kappa shape index (κ1) is 14.9. The van der Waals surface area contributed by atoms with Gasteiger partial charge in [-0.3, -0.25) is 0 Å². The summed E-state index contributed by atoms with van der Waals surface area (Å²) in [6, 6.07) is 15.0. The third-order valence-corrected chi connectivity index (χ3v) is 3.95. The first-order valence-electron chi connectivity index (χ1n) is 6.77. The maximum Gasteiger partial charge on any atom is 0.0484 e. The average molecular weight is 289 g/mol. The molecule has 0 bridgehead atoms. The smallest absolute Gasteiger partial charge is 0.0484 e. The van der Waals surface area contributed by atoms with Crippen molar-refractivity contribution in [3.63, 3.8) is 0 Å². The average Bonchev–Trinajstić information content (AvgIpc) is 2.47. The Kier molecular flexibility index (Phi) is 4.69. The molecule has 0 fully saturated rings. The van der Waals surface area contributed by atoms with E-state index in [0.29, 0.717) is 6.04 Å². The van der Waals surface area contributed by atoms with E-state index in [2.05, 4.69) is 53.5 Å². The van der Waals surface area contributed by atoms with Crippen LogP contribution in [-0.4, -0.2) is 21.1 Å². The predicted octanol–water partition coefficient (Wildman–Crippen LogP) is 4.35. The zero-order valence-electron chi connectivity index (χ0n) is 12.4. The molecule has 0 aliphatic heterocycles. The molecule has 106 valence electrons. The Bertz CT molecular complexity index is 576. The number of halogens is 1. The van der Waals surface area contributed by atoms with E-state index in [4.69, 9.17) is 11.6 Å². The van der Waals surface area contributed by atoms with Crippen molar-refractivity contribution in [1.82, 2.24) is 5.32 Å². The van der Waals surface area contributed by atoms with Gasteiger partial charge in [-0.2, -0.15) is 0 Å². The highest BCUT2D eigenvalue weighted by Crippen LogP contribution is 2.31. The number of anilines is 1. The molecule has 1 atom stereocenters. The lowest BCUT2D eigenvalue weighted by molar-refractivity contribution is 0.652. The lowest BCUT2D eigenvalue weighted by atomic mass is 10.00. The van der Waals surface area contributed by atoms with Crippen LogP contribution in [0.4, 0.5) is 5.69 Å². The largest absolute Gasteiger partial charge is 0.378 e. The van der Waals surface area contributed by atoms with E-state index in [1.807, 2.05) is 27.2 Å². The zero-order valence-corrected chi connectivity index (χ0v) is 13.2. The molecule has 0 aliphatic carbocycles. The third kappa shape index (κ3) is 3.14. The summed E-state index contributed by atoms with van der Waals surface area (Å²) in [4.78, 5) is 2.09. The molecule has 0 aliphatic rings. The molecule has 0 spiro atoms. The maximum atomic E-state index is 6.35. The van der Waals surface area contributed by atoms with Crippen molar-refractivity contribution >= 4 is 17.3 Å². The molecule has 3 heteroatoms. The van der Waals surface area contributed by atoms with Crippen molar-refractivity contribution in [2.75, 3.05) is 26.0 Å². The minimum Gasteiger partial charge on any atom is -0.378 e. The van der Waals surface area contributed by atoms with Crippen LogP contribution in [0.15, 0.2) is 42.5 Å².